The van der Waals surface area contributed by atoms with E-state index in [-0.39, 0.29) is 0 Å². The van der Waals surface area contributed by atoms with Gasteiger partial charge in [0.2, 0.25) is 0 Å². The summed E-state index contributed by atoms with van der Waals surface area (Å²) in [7, 11) is 3.94. The lowest BCUT2D eigenvalue weighted by molar-refractivity contribution is 0.425. The van der Waals surface area contributed by atoms with Crippen LogP contribution in [0.3, 0.4) is 0 Å². The molecule has 1 aromatic rings. The highest BCUT2D eigenvalue weighted by atomic mass is 33.1. The number of nitrogens with zero attached hydrogens (tertiary/aromatic N) is 1. The van der Waals surface area contributed by atoms with Gasteiger partial charge in [0.05, 0.1) is 0 Å². The summed E-state index contributed by atoms with van der Waals surface area (Å²) >= 11 is 0. The average Bonchev–Trinajstić information content (AvgIpc) is 3.00. The zero-order chi connectivity index (χ0) is 29.3. The molecule has 1 rings (SSSR count). The molecule has 1 nitrogen and oxygen atoms in total. The van der Waals surface area contributed by atoms with Crippen molar-refractivity contribution < 1.29 is 0 Å². The zero-order valence-corrected chi connectivity index (χ0v) is 29.5. The second kappa shape index (κ2) is 32.8. The highest BCUT2D eigenvalue weighted by Crippen LogP contribution is 2.34. The number of rotatable bonds is 33. The Bertz CT molecular complexity index is 576. The fourth-order valence-electron chi connectivity index (χ4n) is 5.72. The van der Waals surface area contributed by atoms with Crippen LogP contribution in [0.5, 0.6) is 0 Å². The standard InChI is InChI=1S/C38H71NS2/c1-3-5-7-9-11-13-15-17-19-21-23-25-27-32-36-39(41-40-38-34-30-29-31-35-38)37-33-28-26-24-22-20-18-16-14-12-10-8-6-4-2/h29-31,34-35H,3-28,32-33,36-37H2,1-2H3. The van der Waals surface area contributed by atoms with E-state index >= 15 is 0 Å². The Morgan fingerprint density at radius 1 is 0.390 bits per heavy atom. The highest BCUT2D eigenvalue weighted by Gasteiger charge is 2.07. The third kappa shape index (κ3) is 28.4. The molecule has 0 N–H and O–H groups in total. The third-order valence-electron chi connectivity index (χ3n) is 8.50. The maximum Gasteiger partial charge on any atom is 0.0195 e. The smallest absolute Gasteiger partial charge is 0.0195 e. The molecule has 0 saturated heterocycles. The quantitative estimate of drug-likeness (QED) is 0.0446. The normalized spacial score (nSPS) is 11.6. The molecule has 0 spiro atoms. The minimum atomic E-state index is 1.25. The van der Waals surface area contributed by atoms with Gasteiger partial charge < -0.3 is 0 Å². The molecular formula is C38H71NS2. The fraction of sp³-hybridized carbons (Fsp3) is 0.842. The topological polar surface area (TPSA) is 3.24 Å². The van der Waals surface area contributed by atoms with Crippen molar-refractivity contribution in [2.75, 3.05) is 13.1 Å². The molecular weight excluding hydrogens is 535 g/mol. The van der Waals surface area contributed by atoms with Crippen molar-refractivity contribution in [1.29, 1.82) is 0 Å². The number of unbranched alkanes of at least 4 members (excludes halogenated alkanes) is 26. The SMILES string of the molecule is CCCCCCCCCCCCCCCCN(CCCCCCCCCCCCCCCC)SSc1ccccc1. The van der Waals surface area contributed by atoms with Crippen LogP contribution >= 0.6 is 21.8 Å². The van der Waals surface area contributed by atoms with E-state index in [2.05, 4.69) is 48.5 Å². The van der Waals surface area contributed by atoms with Crippen LogP contribution in [0, 0.1) is 0 Å². The van der Waals surface area contributed by atoms with E-state index in [0.717, 1.165) is 0 Å². The van der Waals surface area contributed by atoms with Gasteiger partial charge in [-0.25, -0.2) is 4.31 Å². The van der Waals surface area contributed by atoms with Gasteiger partial charge in [0, 0.05) is 18.0 Å². The van der Waals surface area contributed by atoms with Crippen molar-refractivity contribution in [2.45, 2.75) is 199 Å². The minimum Gasteiger partial charge on any atom is -0.241 e. The van der Waals surface area contributed by atoms with Crippen LogP contribution in [0.15, 0.2) is 35.2 Å². The average molecular weight is 606 g/mol. The largest absolute Gasteiger partial charge is 0.241 e. The van der Waals surface area contributed by atoms with E-state index in [9.17, 15) is 0 Å². The first-order valence-corrected chi connectivity index (χ1v) is 20.6. The van der Waals surface area contributed by atoms with Gasteiger partial charge in [-0.2, -0.15) is 0 Å². The molecule has 0 bridgehead atoms. The van der Waals surface area contributed by atoms with Crippen LogP contribution < -0.4 is 0 Å². The first-order chi connectivity index (χ1) is 20.4. The molecule has 0 aliphatic heterocycles. The molecule has 0 aromatic heterocycles. The van der Waals surface area contributed by atoms with Gasteiger partial charge in [0.1, 0.15) is 0 Å². The summed E-state index contributed by atoms with van der Waals surface area (Å²) in [4.78, 5) is 1.38. The lowest BCUT2D eigenvalue weighted by atomic mass is 10.0. The van der Waals surface area contributed by atoms with Crippen LogP contribution in [0.1, 0.15) is 194 Å². The van der Waals surface area contributed by atoms with Gasteiger partial charge in [-0.3, -0.25) is 0 Å². The number of benzene rings is 1. The summed E-state index contributed by atoms with van der Waals surface area (Å²) in [5.41, 5.74) is 0. The van der Waals surface area contributed by atoms with Crippen LogP contribution in [-0.2, 0) is 0 Å². The predicted molar refractivity (Wildman–Crippen MR) is 192 cm³/mol. The second-order valence-electron chi connectivity index (χ2n) is 12.6. The summed E-state index contributed by atoms with van der Waals surface area (Å²) in [6.45, 7) is 7.12. The van der Waals surface area contributed by atoms with E-state index in [1.54, 1.807) is 0 Å². The van der Waals surface area contributed by atoms with E-state index < -0.39 is 0 Å². The molecule has 0 fully saturated rings. The summed E-state index contributed by atoms with van der Waals surface area (Å²) in [5, 5.41) is 0. The molecule has 41 heavy (non-hydrogen) atoms. The van der Waals surface area contributed by atoms with Crippen LogP contribution in [0.2, 0.25) is 0 Å². The molecule has 0 saturated carbocycles. The van der Waals surface area contributed by atoms with Crippen molar-refractivity contribution in [3.05, 3.63) is 30.3 Å². The summed E-state index contributed by atoms with van der Waals surface area (Å²) in [6.07, 6.45) is 40.3. The second-order valence-corrected chi connectivity index (χ2v) is 14.8. The first kappa shape index (κ1) is 38.9. The molecule has 0 radical (unpaired) electrons. The Morgan fingerprint density at radius 2 is 0.683 bits per heavy atom. The van der Waals surface area contributed by atoms with E-state index in [1.165, 1.54) is 198 Å². The van der Waals surface area contributed by atoms with Crippen LogP contribution in [0.4, 0.5) is 0 Å². The van der Waals surface area contributed by atoms with Gasteiger partial charge in [0.15, 0.2) is 0 Å². The van der Waals surface area contributed by atoms with Gasteiger partial charge in [-0.15, -0.1) is 0 Å². The van der Waals surface area contributed by atoms with Crippen molar-refractivity contribution in [3.63, 3.8) is 0 Å². The molecule has 0 unspecified atom stereocenters. The molecule has 240 valence electrons. The Balaban J connectivity index is 2.03. The van der Waals surface area contributed by atoms with Crippen LogP contribution in [0.25, 0.3) is 0 Å². The molecule has 1 aromatic carbocycles. The van der Waals surface area contributed by atoms with Gasteiger partial charge in [-0.1, -0.05) is 199 Å². The van der Waals surface area contributed by atoms with E-state index in [4.69, 9.17) is 0 Å². The van der Waals surface area contributed by atoms with Crippen molar-refractivity contribution in [1.82, 2.24) is 4.31 Å². The van der Waals surface area contributed by atoms with Crippen molar-refractivity contribution in [2.24, 2.45) is 0 Å². The predicted octanol–water partition coefficient (Wildman–Crippen LogP) is 14.6. The zero-order valence-electron chi connectivity index (χ0n) is 27.9. The van der Waals surface area contributed by atoms with Gasteiger partial charge in [0.25, 0.3) is 0 Å². The Labute approximate surface area is 267 Å². The lowest BCUT2D eigenvalue weighted by Crippen LogP contribution is -2.17. The van der Waals surface area contributed by atoms with E-state index in [1.807, 2.05) is 21.8 Å². The maximum absolute atomic E-state index is 2.67. The Hall–Kier alpha value is -0.120. The third-order valence-corrected chi connectivity index (χ3v) is 11.1. The van der Waals surface area contributed by atoms with Crippen LogP contribution in [-0.4, -0.2) is 17.4 Å². The number of hydrogen-bond donors (Lipinski definition) is 0. The molecule has 0 atom stereocenters. The summed E-state index contributed by atoms with van der Waals surface area (Å²) in [6, 6.07) is 10.9. The fourth-order valence-corrected chi connectivity index (χ4v) is 7.95. The summed E-state index contributed by atoms with van der Waals surface area (Å²) < 4.78 is 2.67. The monoisotopic (exact) mass is 606 g/mol. The molecule has 0 amide bonds. The minimum absolute atomic E-state index is 1.25. The molecule has 0 aliphatic carbocycles. The van der Waals surface area contributed by atoms with E-state index in [0.29, 0.717) is 0 Å². The van der Waals surface area contributed by atoms with Gasteiger partial charge >= 0.3 is 0 Å². The molecule has 3 heteroatoms. The van der Waals surface area contributed by atoms with Crippen molar-refractivity contribution in [3.8, 4) is 0 Å². The molecule has 0 heterocycles. The van der Waals surface area contributed by atoms with Gasteiger partial charge in [-0.05, 0) is 46.7 Å². The number of hydrogen-bond acceptors (Lipinski definition) is 3. The highest BCUT2D eigenvalue weighted by molar-refractivity contribution is 8.75. The Morgan fingerprint density at radius 3 is 1.00 bits per heavy atom. The first-order valence-electron chi connectivity index (χ1n) is 18.5. The van der Waals surface area contributed by atoms with Crippen molar-refractivity contribution >= 4 is 21.8 Å². The maximum atomic E-state index is 2.67. The Kier molecular flexibility index (Phi) is 31.1. The molecule has 0 aliphatic rings. The summed E-state index contributed by atoms with van der Waals surface area (Å²) in [5.74, 6) is 0. The lowest BCUT2D eigenvalue weighted by Gasteiger charge is -2.20.